The van der Waals surface area contributed by atoms with Crippen LogP contribution in [0, 0.1) is 6.92 Å². The number of rotatable bonds is 9. The first-order valence-corrected chi connectivity index (χ1v) is 13.6. The molecule has 10 heteroatoms. The molecule has 2 aromatic carbocycles. The molecule has 4 rings (SSSR count). The van der Waals surface area contributed by atoms with E-state index in [0.717, 1.165) is 5.56 Å². The van der Waals surface area contributed by atoms with Crippen molar-refractivity contribution in [1.29, 1.82) is 0 Å². The Labute approximate surface area is 231 Å². The molecule has 0 unspecified atom stereocenters. The van der Waals surface area contributed by atoms with Crippen molar-refractivity contribution in [3.05, 3.63) is 89.4 Å². The highest BCUT2D eigenvalue weighted by Crippen LogP contribution is 2.40. The van der Waals surface area contributed by atoms with Crippen molar-refractivity contribution < 1.29 is 29.0 Å². The quantitative estimate of drug-likeness (QED) is 0.321. The number of thioether (sulfide) groups is 1. The maximum absolute atomic E-state index is 13.7. The van der Waals surface area contributed by atoms with Gasteiger partial charge in [-0.1, -0.05) is 36.4 Å². The van der Waals surface area contributed by atoms with Gasteiger partial charge in [-0.25, -0.2) is 0 Å². The molecule has 1 aliphatic rings. The van der Waals surface area contributed by atoms with E-state index >= 15 is 0 Å². The number of benzene rings is 2. The minimum atomic E-state index is -1.62. The van der Waals surface area contributed by atoms with Gasteiger partial charge in [-0.3, -0.25) is 14.4 Å². The molecular formula is C29H33N3O6S. The highest BCUT2D eigenvalue weighted by Gasteiger charge is 2.49. The lowest BCUT2D eigenvalue weighted by Gasteiger charge is -2.33. The van der Waals surface area contributed by atoms with Gasteiger partial charge in [-0.15, -0.1) is 11.8 Å². The third-order valence-corrected chi connectivity index (χ3v) is 8.27. The van der Waals surface area contributed by atoms with Crippen LogP contribution < -0.4 is 10.6 Å². The van der Waals surface area contributed by atoms with Crippen LogP contribution in [-0.4, -0.2) is 61.6 Å². The number of hydrogen-bond acceptors (Lipinski definition) is 7. The number of hydrogen-bond donors (Lipinski definition) is 4. The molecule has 39 heavy (non-hydrogen) atoms. The van der Waals surface area contributed by atoms with Crippen LogP contribution in [0.15, 0.2) is 71.3 Å². The third-order valence-electron chi connectivity index (χ3n) is 6.89. The summed E-state index contributed by atoms with van der Waals surface area (Å²) in [5, 5.41) is 27.0. The maximum Gasteiger partial charge on any atom is 0.254 e. The van der Waals surface area contributed by atoms with E-state index in [0.29, 0.717) is 11.3 Å². The van der Waals surface area contributed by atoms with E-state index < -0.39 is 34.7 Å². The second-order valence-corrected chi connectivity index (χ2v) is 11.6. The Morgan fingerprint density at radius 2 is 1.85 bits per heavy atom. The summed E-state index contributed by atoms with van der Waals surface area (Å²) in [5.74, 6) is -0.781. The molecule has 0 saturated carbocycles. The summed E-state index contributed by atoms with van der Waals surface area (Å²) < 4.78 is 4.68. The first kappa shape index (κ1) is 28.3. The van der Waals surface area contributed by atoms with Gasteiger partial charge in [0.05, 0.1) is 24.7 Å². The summed E-state index contributed by atoms with van der Waals surface area (Å²) in [5.41, 5.74) is 1.44. The summed E-state index contributed by atoms with van der Waals surface area (Å²) in [6.07, 6.45) is 0.0706. The molecule has 1 fully saturated rings. The van der Waals surface area contributed by atoms with Crippen LogP contribution in [0.5, 0.6) is 5.75 Å². The van der Waals surface area contributed by atoms with Crippen molar-refractivity contribution >= 4 is 29.5 Å². The Hall–Kier alpha value is -3.76. The van der Waals surface area contributed by atoms with Crippen molar-refractivity contribution in [2.45, 2.75) is 56.7 Å². The molecule has 3 aromatic rings. The summed E-state index contributed by atoms with van der Waals surface area (Å²) in [4.78, 5) is 41.6. The summed E-state index contributed by atoms with van der Waals surface area (Å²) in [6, 6.07) is 15.4. The van der Waals surface area contributed by atoms with Gasteiger partial charge < -0.3 is 30.2 Å². The second kappa shape index (κ2) is 12.0. The highest BCUT2D eigenvalue weighted by molar-refractivity contribution is 8.00. The Morgan fingerprint density at radius 1 is 1.10 bits per heavy atom. The van der Waals surface area contributed by atoms with Crippen LogP contribution in [-0.2, 0) is 22.6 Å². The number of aromatic hydroxyl groups is 1. The van der Waals surface area contributed by atoms with Gasteiger partial charge in [0.15, 0.2) is 6.10 Å². The number of amides is 3. The summed E-state index contributed by atoms with van der Waals surface area (Å²) in [6.45, 7) is 5.54. The van der Waals surface area contributed by atoms with E-state index in [1.54, 1.807) is 31.2 Å². The highest BCUT2D eigenvalue weighted by atomic mass is 32.2. The largest absolute Gasteiger partial charge is 0.508 e. The number of aliphatic hydroxyl groups is 1. The first-order valence-electron chi connectivity index (χ1n) is 12.6. The van der Waals surface area contributed by atoms with E-state index in [2.05, 4.69) is 10.6 Å². The number of phenols is 1. The summed E-state index contributed by atoms with van der Waals surface area (Å²) >= 11 is 1.44. The Morgan fingerprint density at radius 3 is 2.54 bits per heavy atom. The number of nitrogens with zero attached hydrogens (tertiary/aromatic N) is 1. The lowest BCUT2D eigenvalue weighted by Crippen LogP contribution is -2.58. The summed E-state index contributed by atoms with van der Waals surface area (Å²) in [7, 11) is 0. The standard InChI is InChI=1S/C29H33N3O6S/c1-18-21(12-7-13-23(18)33)26(35)31-22(15-19-9-5-4-6-10-19)24(34)28(37)32-17-39-29(2,3)25(32)27(36)30-16-20-11-8-14-38-20/h4-14,22,24-25,33-34H,15-17H2,1-3H3,(H,30,36)(H,31,35)/t22-,24-,25+/m0/s1. The zero-order valence-electron chi connectivity index (χ0n) is 22.1. The normalized spacial score (nSPS) is 17.8. The third kappa shape index (κ3) is 6.46. The molecular weight excluding hydrogens is 518 g/mol. The van der Waals surface area contributed by atoms with Gasteiger partial charge in [-0.2, -0.15) is 0 Å². The molecule has 0 aliphatic carbocycles. The number of furan rings is 1. The molecule has 4 N–H and O–H groups in total. The number of nitrogens with one attached hydrogen (secondary N) is 2. The zero-order valence-corrected chi connectivity index (χ0v) is 22.9. The van der Waals surface area contributed by atoms with Gasteiger partial charge >= 0.3 is 0 Å². The van der Waals surface area contributed by atoms with Gasteiger partial charge in [0.2, 0.25) is 5.91 Å². The fraction of sp³-hybridized carbons (Fsp3) is 0.345. The predicted octanol–water partition coefficient (Wildman–Crippen LogP) is 2.99. The second-order valence-electron chi connectivity index (χ2n) is 10.0. The lowest BCUT2D eigenvalue weighted by atomic mass is 9.96. The molecule has 206 valence electrons. The molecule has 1 aromatic heterocycles. The first-order chi connectivity index (χ1) is 18.6. The molecule has 0 bridgehead atoms. The lowest BCUT2D eigenvalue weighted by molar-refractivity contribution is -0.147. The van der Waals surface area contributed by atoms with E-state index in [1.807, 2.05) is 44.2 Å². The Bertz CT molecular complexity index is 1310. The number of carbonyl (C=O) groups excluding carboxylic acids is 3. The molecule has 2 heterocycles. The van der Waals surface area contributed by atoms with Crippen molar-refractivity contribution in [3.8, 4) is 5.75 Å². The van der Waals surface area contributed by atoms with E-state index in [4.69, 9.17) is 4.42 Å². The fourth-order valence-corrected chi connectivity index (χ4v) is 5.80. The van der Waals surface area contributed by atoms with Crippen LogP contribution in [0.2, 0.25) is 0 Å². The Balaban J connectivity index is 1.56. The molecule has 1 saturated heterocycles. The molecule has 0 spiro atoms. The van der Waals surface area contributed by atoms with E-state index in [1.165, 1.54) is 29.0 Å². The van der Waals surface area contributed by atoms with Gasteiger partial charge in [0, 0.05) is 15.9 Å². The van der Waals surface area contributed by atoms with Crippen LogP contribution in [0.1, 0.15) is 41.1 Å². The van der Waals surface area contributed by atoms with E-state index in [-0.39, 0.29) is 36.1 Å². The van der Waals surface area contributed by atoms with Crippen LogP contribution >= 0.6 is 11.8 Å². The van der Waals surface area contributed by atoms with Crippen LogP contribution in [0.3, 0.4) is 0 Å². The van der Waals surface area contributed by atoms with Gasteiger partial charge in [0.1, 0.15) is 17.6 Å². The van der Waals surface area contributed by atoms with Crippen molar-refractivity contribution in [2.24, 2.45) is 0 Å². The molecule has 1 aliphatic heterocycles. The number of carbonyl (C=O) groups is 3. The predicted molar refractivity (Wildman–Crippen MR) is 148 cm³/mol. The molecule has 0 radical (unpaired) electrons. The van der Waals surface area contributed by atoms with Gasteiger partial charge in [-0.05, 0) is 57.0 Å². The van der Waals surface area contributed by atoms with Gasteiger partial charge in [0.25, 0.3) is 11.8 Å². The SMILES string of the molecule is Cc1c(O)cccc1C(=O)N[C@@H](Cc1ccccc1)[C@H](O)C(=O)N1CSC(C)(C)[C@H]1C(=O)NCc1ccco1. The minimum Gasteiger partial charge on any atom is -0.508 e. The average molecular weight is 552 g/mol. The minimum absolute atomic E-state index is 0.0291. The molecule has 9 nitrogen and oxygen atoms in total. The van der Waals surface area contributed by atoms with Crippen LogP contribution in [0.4, 0.5) is 0 Å². The maximum atomic E-state index is 13.7. The van der Waals surface area contributed by atoms with Crippen molar-refractivity contribution in [3.63, 3.8) is 0 Å². The van der Waals surface area contributed by atoms with Crippen molar-refractivity contribution in [1.82, 2.24) is 15.5 Å². The van der Waals surface area contributed by atoms with Crippen LogP contribution in [0.25, 0.3) is 0 Å². The fourth-order valence-electron chi connectivity index (χ4n) is 4.66. The number of aliphatic hydroxyl groups excluding tert-OH is 1. The smallest absolute Gasteiger partial charge is 0.254 e. The molecule has 3 amide bonds. The Kier molecular flexibility index (Phi) is 8.66. The topological polar surface area (TPSA) is 132 Å². The average Bonchev–Trinajstić information content (AvgIpc) is 3.55. The number of phenolic OH excluding ortho intramolecular Hbond substituents is 1. The van der Waals surface area contributed by atoms with E-state index in [9.17, 15) is 24.6 Å². The zero-order chi connectivity index (χ0) is 28.2. The van der Waals surface area contributed by atoms with Crippen molar-refractivity contribution in [2.75, 3.05) is 5.88 Å². The monoisotopic (exact) mass is 551 g/mol. The molecule has 3 atom stereocenters.